The van der Waals surface area contributed by atoms with Crippen molar-refractivity contribution in [2.75, 3.05) is 57.9 Å². The number of hydrogen-bond acceptors (Lipinski definition) is 22. The Labute approximate surface area is 577 Å². The molecule has 1 saturated heterocycles. The van der Waals surface area contributed by atoms with Gasteiger partial charge in [-0.15, -0.1) is 0 Å². The van der Waals surface area contributed by atoms with E-state index in [1.165, 1.54) is 33.0 Å². The lowest BCUT2D eigenvalue weighted by atomic mass is 10.0. The van der Waals surface area contributed by atoms with Crippen LogP contribution in [0.25, 0.3) is 11.1 Å². The highest BCUT2D eigenvalue weighted by Gasteiger charge is 2.49. The first-order valence-electron chi connectivity index (χ1n) is 31.6. The minimum atomic E-state index is -0.981. The maximum Gasteiger partial charge on any atom is 0.260 e. The number of benzene rings is 4. The number of rotatable bonds is 33. The summed E-state index contributed by atoms with van der Waals surface area (Å²) < 4.78 is 35.0. The summed E-state index contributed by atoms with van der Waals surface area (Å²) >= 11 is 10.4. The summed E-state index contributed by atoms with van der Waals surface area (Å²) in [5.74, 6) is -0.753. The Bertz CT molecular complexity index is 3690. The highest BCUT2D eigenvalue weighted by atomic mass is 32.2. The van der Waals surface area contributed by atoms with E-state index in [1.54, 1.807) is 92.7 Å². The van der Waals surface area contributed by atoms with E-state index in [0.29, 0.717) is 89.7 Å². The zero-order chi connectivity index (χ0) is 68.9. The normalized spacial score (nSPS) is 19.0. The van der Waals surface area contributed by atoms with Crippen LogP contribution in [0.3, 0.4) is 0 Å². The molecule has 0 radical (unpaired) electrons. The van der Waals surface area contributed by atoms with Gasteiger partial charge in [-0.3, -0.25) is 67.5 Å². The topological polar surface area (TPSA) is 294 Å². The van der Waals surface area contributed by atoms with Gasteiger partial charge >= 0.3 is 0 Å². The Morgan fingerprint density at radius 2 is 1.09 bits per heavy atom. The number of carbonyl (C=O) groups is 9. The van der Waals surface area contributed by atoms with Gasteiger partial charge in [0, 0.05) is 86.4 Å². The summed E-state index contributed by atoms with van der Waals surface area (Å²) in [6, 6.07) is 17.7. The molecule has 0 aliphatic carbocycles. The van der Waals surface area contributed by atoms with Gasteiger partial charge in [-0.1, -0.05) is 68.4 Å². The van der Waals surface area contributed by atoms with Crippen LogP contribution in [0.15, 0.2) is 95.2 Å². The molecule has 0 bridgehead atoms. The van der Waals surface area contributed by atoms with E-state index in [-0.39, 0.29) is 85.0 Å². The highest BCUT2D eigenvalue weighted by molar-refractivity contribution is 8.03. The van der Waals surface area contributed by atoms with Gasteiger partial charge in [0.25, 0.3) is 11.8 Å². The third-order valence-corrected chi connectivity index (χ3v) is 20.0. The number of nitrogens with one attached hydrogen (secondary N) is 5. The molecule has 0 aromatic heterocycles. The lowest BCUT2D eigenvalue weighted by Gasteiger charge is -2.24. The molecule has 0 saturated carbocycles. The number of carbonyl (C=O) groups excluding carboxylic acids is 9. The van der Waals surface area contributed by atoms with E-state index >= 15 is 0 Å². The fraction of sp³-hybridized carbons (Fsp3) is 0.426. The molecule has 5 aliphatic heterocycles. The number of imide groups is 1. The molecule has 1 fully saturated rings. The van der Waals surface area contributed by atoms with Gasteiger partial charge in [0.15, 0.2) is 23.0 Å². The van der Waals surface area contributed by atoms with Crippen molar-refractivity contribution in [3.8, 4) is 28.7 Å². The summed E-state index contributed by atoms with van der Waals surface area (Å²) in [6.07, 6.45) is 10.1. The number of anilines is 1. The van der Waals surface area contributed by atoms with Crippen LogP contribution in [-0.4, -0.2) is 179 Å². The summed E-state index contributed by atoms with van der Waals surface area (Å²) in [7, 11) is 4.63. The van der Waals surface area contributed by atoms with E-state index < -0.39 is 58.3 Å². The van der Waals surface area contributed by atoms with Gasteiger partial charge in [-0.05, 0) is 98.2 Å². The number of fused-ring (bicyclic) bond motifs is 4. The van der Waals surface area contributed by atoms with E-state index in [2.05, 4.69) is 50.7 Å². The molecule has 4 aromatic carbocycles. The van der Waals surface area contributed by atoms with Crippen LogP contribution in [0.5, 0.6) is 28.7 Å². The lowest BCUT2D eigenvalue weighted by molar-refractivity contribution is -0.138. The lowest BCUT2D eigenvalue weighted by Crippen LogP contribution is -2.53. The third-order valence-electron chi connectivity index (χ3n) is 16.8. The number of thiol groups is 2. The minimum Gasteiger partial charge on any atom is -0.497 e. The Morgan fingerprint density at radius 1 is 0.604 bits per heavy atom. The number of ether oxygens (including phenoxy) is 5. The summed E-state index contributed by atoms with van der Waals surface area (Å²) in [6.45, 7) is 8.47. The fourth-order valence-corrected chi connectivity index (χ4v) is 14.5. The van der Waals surface area contributed by atoms with Gasteiger partial charge in [0.05, 0.1) is 81.2 Å². The Kier molecular flexibility index (Phi) is 24.9. The first-order valence-corrected chi connectivity index (χ1v) is 34.6. The Hall–Kier alpha value is -8.15. The quantitative estimate of drug-likeness (QED) is 0.0103. The van der Waals surface area contributed by atoms with Crippen molar-refractivity contribution in [1.29, 1.82) is 0 Å². The number of Topliss-reactive ketones (excluding diaryl/α,β-unsaturated/α-hetero) is 2. The van der Waals surface area contributed by atoms with Gasteiger partial charge in [-0.25, -0.2) is 0 Å². The molecule has 4 aromatic rings. The van der Waals surface area contributed by atoms with Crippen molar-refractivity contribution >= 4 is 143 Å². The molecule has 0 spiro atoms. The summed E-state index contributed by atoms with van der Waals surface area (Å²) in [5.41, 5.74) is 5.81. The zero-order valence-corrected chi connectivity index (χ0v) is 58.0. The first kappa shape index (κ1) is 72.1. The van der Waals surface area contributed by atoms with Crippen LogP contribution in [0.1, 0.15) is 111 Å². The average molecular weight is 1390 g/mol. The molecule has 510 valence electrons. The second kappa shape index (κ2) is 33.2. The Balaban J connectivity index is 0.712. The molecule has 5 aliphatic rings. The predicted octanol–water partition coefficient (Wildman–Crippen LogP) is 8.00. The molecular weight excluding hydrogens is 1310 g/mol. The molecule has 2 unspecified atom stereocenters. The van der Waals surface area contributed by atoms with Crippen molar-refractivity contribution in [2.45, 2.75) is 126 Å². The van der Waals surface area contributed by atoms with Crippen LogP contribution >= 0.6 is 49.2 Å². The van der Waals surface area contributed by atoms with Gasteiger partial charge < -0.3 is 49.4 Å². The Morgan fingerprint density at radius 3 is 1.54 bits per heavy atom. The van der Waals surface area contributed by atoms with E-state index in [0.717, 1.165) is 51.9 Å². The monoisotopic (exact) mass is 1390 g/mol. The van der Waals surface area contributed by atoms with Gasteiger partial charge in [0.2, 0.25) is 29.5 Å². The van der Waals surface area contributed by atoms with Crippen molar-refractivity contribution in [2.24, 2.45) is 15.9 Å². The maximum absolute atomic E-state index is 14.2. The van der Waals surface area contributed by atoms with Crippen LogP contribution < -0.4 is 49.1 Å². The second-order valence-electron chi connectivity index (χ2n) is 23.9. The van der Waals surface area contributed by atoms with Crippen molar-refractivity contribution in [1.82, 2.24) is 34.8 Å². The van der Waals surface area contributed by atoms with Crippen LogP contribution in [-0.2, 0) is 33.6 Å². The SMILES string of the molecule is COc1ccc(C2=CN3C(=O)c4cc(OC)c(OCCCOc5cc6c(cc5OC)C(=O)N5C=C(c7ccc(NC(=O)[C@@H](C)NC(=O)[C@H](NC(=O)CCCCCN8C(=O)C(SN[C@@H](CS)C(C)=O)C(SN[C@@H](CS)C(C)=O)C8=O)C(C)C)cc7)C[C@H]5C=N6)cc4N=C[C@@H]3C2)cc1. The average Bonchev–Trinajstić information content (AvgIpc) is 1.68. The van der Waals surface area contributed by atoms with E-state index in [1.807, 2.05) is 42.6 Å². The molecule has 24 nitrogen and oxygen atoms in total. The second-order valence-corrected chi connectivity index (χ2v) is 26.6. The molecular formula is C68H80N10O14S4. The molecule has 5 heterocycles. The van der Waals surface area contributed by atoms with Crippen LogP contribution in [0.2, 0.25) is 0 Å². The van der Waals surface area contributed by atoms with E-state index in [9.17, 15) is 43.2 Å². The molecule has 28 heteroatoms. The zero-order valence-electron chi connectivity index (χ0n) is 54.6. The largest absolute Gasteiger partial charge is 0.497 e. The molecule has 7 amide bonds. The predicted molar refractivity (Wildman–Crippen MR) is 376 cm³/mol. The van der Waals surface area contributed by atoms with E-state index in [4.69, 9.17) is 33.7 Å². The number of aliphatic imine (C=N–C) groups is 2. The highest BCUT2D eigenvalue weighted by Crippen LogP contribution is 2.43. The number of ketones is 2. The maximum atomic E-state index is 14.2. The molecule has 9 rings (SSSR count). The molecule has 5 N–H and O–H groups in total. The smallest absolute Gasteiger partial charge is 0.260 e. The molecule has 96 heavy (non-hydrogen) atoms. The minimum absolute atomic E-state index is 0.0642. The van der Waals surface area contributed by atoms with Gasteiger partial charge in [-0.2, -0.15) is 25.3 Å². The number of amides is 7. The standard InChI is InChI=1S/C68H80N10O14S4/c1-37(2)60(73-59(81)13-10-9-11-22-76-67(86)61(95-74-53(35-93)39(4)79)62(68(76)87)96-75-54(36-94)40(5)80)64(83)71-38(3)63(82)72-45-18-14-41(15-19-45)43-25-46-31-69-51-29-57(55(89-7)27-49(51)65(84)77(46)33-43)91-23-12-24-92-58-30-52-50(28-56(58)90-8)66(85)78-34-44(26-47(78)32-70-52)42-16-20-48(88-6)21-17-42/h14-21,27-34,37-38,46-47,53-54,60-62,74-75,93-94H,9-13,22-26,35-36H2,1-8H3,(H,71,83)(H,72,82)(H,73,81)/t38-,46+,47+,53+,54+,60-,61?,62?/m1/s1. The van der Waals surface area contributed by atoms with Gasteiger partial charge in [0.1, 0.15) is 39.9 Å². The first-order chi connectivity index (χ1) is 46.1. The number of unbranched alkanes of at least 4 members (excludes halogenated alkanes) is 2. The number of nitrogens with zero attached hydrogens (tertiary/aromatic N) is 5. The number of likely N-dealkylation sites (tertiary alicyclic amines) is 1. The van der Waals surface area contributed by atoms with Crippen molar-refractivity contribution in [3.63, 3.8) is 0 Å². The number of methoxy groups -OCH3 is 3. The van der Waals surface area contributed by atoms with Crippen molar-refractivity contribution < 1.29 is 66.8 Å². The number of hydrogen-bond donors (Lipinski definition) is 7. The van der Waals surface area contributed by atoms with Crippen LogP contribution in [0, 0.1) is 5.92 Å². The fourth-order valence-electron chi connectivity index (χ4n) is 11.2. The third kappa shape index (κ3) is 17.1. The summed E-state index contributed by atoms with van der Waals surface area (Å²) in [4.78, 5) is 134. The summed E-state index contributed by atoms with van der Waals surface area (Å²) in [5, 5.41) is 6.57. The van der Waals surface area contributed by atoms with Crippen LogP contribution in [0.4, 0.5) is 17.1 Å². The van der Waals surface area contributed by atoms with Crippen molar-refractivity contribution in [3.05, 3.63) is 107 Å². The molecule has 8 atom stereocenters.